The Balaban J connectivity index is 1.72. The Morgan fingerprint density at radius 3 is 2.62 bits per heavy atom. The fourth-order valence-corrected chi connectivity index (χ4v) is 4.99. The minimum absolute atomic E-state index is 0.0441. The van der Waals surface area contributed by atoms with Gasteiger partial charge < -0.3 is 9.30 Å². The van der Waals surface area contributed by atoms with Gasteiger partial charge in [-0.1, -0.05) is 56.5 Å². The summed E-state index contributed by atoms with van der Waals surface area (Å²) in [6, 6.07) is 14.4. The molecule has 1 aliphatic carbocycles. The average Bonchev–Trinajstić information content (AvgIpc) is 3.19. The fourth-order valence-electron chi connectivity index (χ4n) is 4.99. The highest BCUT2D eigenvalue weighted by molar-refractivity contribution is 5.95. The lowest BCUT2D eigenvalue weighted by Crippen LogP contribution is -2.37. The molecule has 0 unspecified atom stereocenters. The van der Waals surface area contributed by atoms with Crippen molar-refractivity contribution in [3.05, 3.63) is 59.4 Å². The maximum atomic E-state index is 13.8. The monoisotopic (exact) mass is 433 g/mol. The summed E-state index contributed by atoms with van der Waals surface area (Å²) in [4.78, 5) is 20.6. The summed E-state index contributed by atoms with van der Waals surface area (Å²) < 4.78 is 7.92. The average molecular weight is 434 g/mol. The highest BCUT2D eigenvalue weighted by Crippen LogP contribution is 2.34. The Labute approximate surface area is 191 Å². The van der Waals surface area contributed by atoms with E-state index in [1.165, 1.54) is 24.8 Å². The topological polar surface area (TPSA) is 47.4 Å². The predicted molar refractivity (Wildman–Crippen MR) is 130 cm³/mol. The number of ether oxygens (including phenoxy) is 1. The van der Waals surface area contributed by atoms with Crippen LogP contribution in [0, 0.1) is 6.92 Å². The van der Waals surface area contributed by atoms with Gasteiger partial charge in [-0.3, -0.25) is 9.69 Å². The minimum atomic E-state index is 0.0441. The fraction of sp³-hybridized carbons (Fsp3) is 0.481. The van der Waals surface area contributed by atoms with Crippen LogP contribution in [0.25, 0.3) is 11.0 Å². The molecule has 0 saturated heterocycles. The Kier molecular flexibility index (Phi) is 7.26. The van der Waals surface area contributed by atoms with Crippen molar-refractivity contribution in [3.8, 4) is 0 Å². The number of amides is 1. The molecule has 5 heteroatoms. The van der Waals surface area contributed by atoms with E-state index in [9.17, 15) is 4.79 Å². The Hall–Kier alpha value is -2.66. The Morgan fingerprint density at radius 2 is 1.88 bits per heavy atom. The third-order valence-corrected chi connectivity index (χ3v) is 6.65. The largest absolute Gasteiger partial charge is 0.361 e. The van der Waals surface area contributed by atoms with E-state index in [1.807, 2.05) is 24.0 Å². The van der Waals surface area contributed by atoms with Crippen LogP contribution < -0.4 is 4.90 Å². The van der Waals surface area contributed by atoms with Gasteiger partial charge in [0.05, 0.1) is 16.7 Å². The number of hydrogen-bond donors (Lipinski definition) is 0. The van der Waals surface area contributed by atoms with Gasteiger partial charge in [-0.15, -0.1) is 0 Å². The van der Waals surface area contributed by atoms with Crippen LogP contribution in [0.4, 0.5) is 5.69 Å². The van der Waals surface area contributed by atoms with Crippen LogP contribution in [0.3, 0.4) is 0 Å². The summed E-state index contributed by atoms with van der Waals surface area (Å²) in [5, 5.41) is 0. The second-order valence-electron chi connectivity index (χ2n) is 8.76. The van der Waals surface area contributed by atoms with Crippen molar-refractivity contribution in [2.45, 2.75) is 71.8 Å². The number of carbonyl (C=O) groups is 1. The lowest BCUT2D eigenvalue weighted by molar-refractivity contribution is -0.120. The number of imidazole rings is 1. The van der Waals surface area contributed by atoms with Crippen molar-refractivity contribution >= 4 is 22.6 Å². The number of rotatable bonds is 8. The van der Waals surface area contributed by atoms with E-state index < -0.39 is 0 Å². The van der Waals surface area contributed by atoms with Gasteiger partial charge in [0.15, 0.2) is 0 Å². The standard InChI is InChI=1S/C27H35N3O2/c1-4-21-15-11-12-20(3)26(21)30(19-32-5-2)25(31)18-29-24-17-10-9-16-23(24)28-27(29)22-13-7-6-8-14-22/h9-12,15-17,22H,4-8,13-14,18-19H2,1-3H3. The summed E-state index contributed by atoms with van der Waals surface area (Å²) in [5.41, 5.74) is 5.26. The zero-order valence-electron chi connectivity index (χ0n) is 19.6. The zero-order valence-corrected chi connectivity index (χ0v) is 19.6. The quantitative estimate of drug-likeness (QED) is 0.410. The van der Waals surface area contributed by atoms with E-state index in [0.29, 0.717) is 12.5 Å². The van der Waals surface area contributed by atoms with Crippen LogP contribution in [-0.2, 0) is 22.5 Å². The van der Waals surface area contributed by atoms with Crippen molar-refractivity contribution in [2.75, 3.05) is 18.2 Å². The Morgan fingerprint density at radius 1 is 1.09 bits per heavy atom. The van der Waals surface area contributed by atoms with Crippen LogP contribution in [0.15, 0.2) is 42.5 Å². The van der Waals surface area contributed by atoms with Crippen LogP contribution in [0.1, 0.15) is 68.8 Å². The van der Waals surface area contributed by atoms with Crippen molar-refractivity contribution in [1.29, 1.82) is 0 Å². The molecule has 5 nitrogen and oxygen atoms in total. The molecule has 0 N–H and O–H groups in total. The smallest absolute Gasteiger partial charge is 0.248 e. The molecule has 1 heterocycles. The maximum Gasteiger partial charge on any atom is 0.248 e. The van der Waals surface area contributed by atoms with Crippen LogP contribution in [0.5, 0.6) is 0 Å². The van der Waals surface area contributed by atoms with E-state index >= 15 is 0 Å². The SMILES string of the molecule is CCOCN(C(=O)Cn1c(C2CCCCC2)nc2ccccc21)c1c(C)cccc1CC. The molecule has 0 bridgehead atoms. The van der Waals surface area contributed by atoms with E-state index in [1.54, 1.807) is 0 Å². The number of hydrogen-bond acceptors (Lipinski definition) is 3. The second-order valence-corrected chi connectivity index (χ2v) is 8.76. The molecule has 4 rings (SSSR count). The molecular formula is C27H35N3O2. The van der Waals surface area contributed by atoms with E-state index in [4.69, 9.17) is 9.72 Å². The molecule has 0 spiro atoms. The number of aryl methyl sites for hydroxylation is 2. The molecule has 1 fully saturated rings. The summed E-state index contributed by atoms with van der Waals surface area (Å²) in [5.74, 6) is 1.53. The molecule has 3 aromatic rings. The molecule has 170 valence electrons. The third kappa shape index (κ3) is 4.58. The third-order valence-electron chi connectivity index (χ3n) is 6.65. The predicted octanol–water partition coefficient (Wildman–Crippen LogP) is 5.98. The first kappa shape index (κ1) is 22.5. The zero-order chi connectivity index (χ0) is 22.5. The molecule has 1 aliphatic rings. The number of fused-ring (bicyclic) bond motifs is 1. The number of para-hydroxylation sites is 3. The van der Waals surface area contributed by atoms with Gasteiger partial charge in [0, 0.05) is 12.5 Å². The minimum Gasteiger partial charge on any atom is -0.361 e. The van der Waals surface area contributed by atoms with Crippen LogP contribution in [0.2, 0.25) is 0 Å². The van der Waals surface area contributed by atoms with E-state index in [2.05, 4.69) is 48.7 Å². The molecule has 1 aromatic heterocycles. The first-order valence-electron chi connectivity index (χ1n) is 12.1. The van der Waals surface area contributed by atoms with Crippen molar-refractivity contribution < 1.29 is 9.53 Å². The van der Waals surface area contributed by atoms with Crippen LogP contribution in [-0.4, -0.2) is 28.8 Å². The van der Waals surface area contributed by atoms with Gasteiger partial charge in [-0.05, 0) is 56.4 Å². The van der Waals surface area contributed by atoms with Gasteiger partial charge in [0.25, 0.3) is 0 Å². The van der Waals surface area contributed by atoms with Crippen molar-refractivity contribution in [3.63, 3.8) is 0 Å². The molecule has 1 amide bonds. The summed E-state index contributed by atoms with van der Waals surface area (Å²) in [6.07, 6.45) is 6.94. The molecule has 0 aliphatic heterocycles. The number of carbonyl (C=O) groups excluding carboxylic acids is 1. The lowest BCUT2D eigenvalue weighted by Gasteiger charge is -2.28. The number of anilines is 1. The summed E-state index contributed by atoms with van der Waals surface area (Å²) >= 11 is 0. The number of nitrogens with zero attached hydrogens (tertiary/aromatic N) is 3. The maximum absolute atomic E-state index is 13.8. The van der Waals surface area contributed by atoms with Gasteiger partial charge in [-0.2, -0.15) is 0 Å². The molecule has 32 heavy (non-hydrogen) atoms. The molecular weight excluding hydrogens is 398 g/mol. The molecule has 0 radical (unpaired) electrons. The Bertz CT molecular complexity index is 1070. The van der Waals surface area contributed by atoms with Crippen LogP contribution >= 0.6 is 0 Å². The molecule has 1 saturated carbocycles. The normalized spacial score (nSPS) is 14.7. The first-order chi connectivity index (χ1) is 15.6. The van der Waals surface area contributed by atoms with Gasteiger partial charge >= 0.3 is 0 Å². The molecule has 0 atom stereocenters. The van der Waals surface area contributed by atoms with E-state index in [-0.39, 0.29) is 19.2 Å². The van der Waals surface area contributed by atoms with Crippen molar-refractivity contribution in [2.24, 2.45) is 0 Å². The number of benzene rings is 2. The van der Waals surface area contributed by atoms with Gasteiger partial charge in [-0.25, -0.2) is 4.98 Å². The highest BCUT2D eigenvalue weighted by atomic mass is 16.5. The van der Waals surface area contributed by atoms with Gasteiger partial charge in [0.2, 0.25) is 5.91 Å². The second kappa shape index (κ2) is 10.3. The first-order valence-corrected chi connectivity index (χ1v) is 12.1. The number of aromatic nitrogens is 2. The molecule has 2 aromatic carbocycles. The summed E-state index contributed by atoms with van der Waals surface area (Å²) in [7, 11) is 0. The van der Waals surface area contributed by atoms with Crippen molar-refractivity contribution in [1.82, 2.24) is 9.55 Å². The highest BCUT2D eigenvalue weighted by Gasteiger charge is 2.26. The van der Waals surface area contributed by atoms with Gasteiger partial charge in [0.1, 0.15) is 19.1 Å². The van der Waals surface area contributed by atoms with E-state index in [0.717, 1.165) is 47.4 Å². The lowest BCUT2D eigenvalue weighted by atomic mass is 9.88. The summed E-state index contributed by atoms with van der Waals surface area (Å²) in [6.45, 7) is 7.27.